The molecule has 1 atom stereocenters. The van der Waals surface area contributed by atoms with E-state index in [1.807, 2.05) is 18.2 Å². The number of piperidine rings is 1. The van der Waals surface area contributed by atoms with E-state index in [0.717, 1.165) is 17.4 Å². The molecule has 1 saturated heterocycles. The fourth-order valence-corrected chi connectivity index (χ4v) is 2.46. The normalized spacial score (nSPS) is 21.8. The summed E-state index contributed by atoms with van der Waals surface area (Å²) in [5.41, 5.74) is 1.25. The Balaban J connectivity index is 2.22. The summed E-state index contributed by atoms with van der Waals surface area (Å²) in [6, 6.07) is 8.14. The van der Waals surface area contributed by atoms with Crippen LogP contribution in [0.4, 0.5) is 0 Å². The molecule has 0 bridgehead atoms. The fraction of sp³-hybridized carbons (Fsp3) is 0.364. The second kappa shape index (κ2) is 4.13. The van der Waals surface area contributed by atoms with Crippen molar-refractivity contribution >= 4 is 21.8 Å². The standard InChI is InChI=1S/C11H12BrNO/c12-10-4-2-1-3-9(10)8-5-6-13-11(14)7-8/h1-4,8H,5-7H2,(H,13,14). The second-order valence-corrected chi connectivity index (χ2v) is 4.42. The van der Waals surface area contributed by atoms with Crippen LogP contribution in [0.3, 0.4) is 0 Å². The Morgan fingerprint density at radius 2 is 2.14 bits per heavy atom. The molecule has 2 rings (SSSR count). The van der Waals surface area contributed by atoms with Gasteiger partial charge in [0.05, 0.1) is 0 Å². The highest BCUT2D eigenvalue weighted by atomic mass is 79.9. The Labute approximate surface area is 91.8 Å². The van der Waals surface area contributed by atoms with Crippen molar-refractivity contribution in [3.8, 4) is 0 Å². The molecule has 1 aromatic rings. The summed E-state index contributed by atoms with van der Waals surface area (Å²) in [7, 11) is 0. The van der Waals surface area contributed by atoms with E-state index >= 15 is 0 Å². The van der Waals surface area contributed by atoms with Crippen LogP contribution in [0, 0.1) is 0 Å². The van der Waals surface area contributed by atoms with Gasteiger partial charge >= 0.3 is 0 Å². The van der Waals surface area contributed by atoms with Crippen LogP contribution in [0.25, 0.3) is 0 Å². The number of benzene rings is 1. The summed E-state index contributed by atoms with van der Waals surface area (Å²) < 4.78 is 1.11. The smallest absolute Gasteiger partial charge is 0.220 e. The third-order valence-electron chi connectivity index (χ3n) is 2.59. The molecule has 0 spiro atoms. The molecule has 1 aliphatic heterocycles. The Hall–Kier alpha value is -0.830. The molecule has 1 fully saturated rings. The van der Waals surface area contributed by atoms with Crippen molar-refractivity contribution in [2.45, 2.75) is 18.8 Å². The summed E-state index contributed by atoms with van der Waals surface area (Å²) >= 11 is 3.52. The van der Waals surface area contributed by atoms with Crippen LogP contribution in [0.15, 0.2) is 28.7 Å². The maximum Gasteiger partial charge on any atom is 0.220 e. The largest absolute Gasteiger partial charge is 0.356 e. The van der Waals surface area contributed by atoms with Crippen LogP contribution in [0.1, 0.15) is 24.3 Å². The van der Waals surface area contributed by atoms with E-state index < -0.39 is 0 Å². The van der Waals surface area contributed by atoms with E-state index in [1.165, 1.54) is 5.56 Å². The van der Waals surface area contributed by atoms with Crippen molar-refractivity contribution in [1.82, 2.24) is 5.32 Å². The van der Waals surface area contributed by atoms with Crippen molar-refractivity contribution < 1.29 is 4.79 Å². The van der Waals surface area contributed by atoms with E-state index in [-0.39, 0.29) is 5.91 Å². The predicted molar refractivity (Wildman–Crippen MR) is 59.1 cm³/mol. The third-order valence-corrected chi connectivity index (χ3v) is 3.31. The SMILES string of the molecule is O=C1CC(c2ccccc2Br)CCN1. The van der Waals surface area contributed by atoms with Gasteiger partial charge in [-0.05, 0) is 24.0 Å². The minimum Gasteiger partial charge on any atom is -0.356 e. The van der Waals surface area contributed by atoms with Gasteiger partial charge in [0.2, 0.25) is 5.91 Å². The average molecular weight is 254 g/mol. The molecule has 0 radical (unpaired) electrons. The van der Waals surface area contributed by atoms with Crippen LogP contribution in [0.5, 0.6) is 0 Å². The maximum atomic E-state index is 11.2. The Morgan fingerprint density at radius 3 is 2.86 bits per heavy atom. The van der Waals surface area contributed by atoms with Crippen molar-refractivity contribution in [1.29, 1.82) is 0 Å². The highest BCUT2D eigenvalue weighted by molar-refractivity contribution is 9.10. The second-order valence-electron chi connectivity index (χ2n) is 3.56. The third kappa shape index (κ3) is 1.98. The lowest BCUT2D eigenvalue weighted by Crippen LogP contribution is -2.32. The minimum absolute atomic E-state index is 0.164. The number of amides is 1. The summed E-state index contributed by atoms with van der Waals surface area (Å²) in [6.07, 6.45) is 1.65. The molecule has 1 aromatic carbocycles. The Morgan fingerprint density at radius 1 is 1.36 bits per heavy atom. The number of carbonyl (C=O) groups is 1. The van der Waals surface area contributed by atoms with Crippen LogP contribution in [0.2, 0.25) is 0 Å². The van der Waals surface area contributed by atoms with E-state index in [9.17, 15) is 4.79 Å². The van der Waals surface area contributed by atoms with Gasteiger partial charge in [-0.15, -0.1) is 0 Å². The first-order valence-electron chi connectivity index (χ1n) is 4.78. The van der Waals surface area contributed by atoms with Crippen molar-refractivity contribution in [3.63, 3.8) is 0 Å². The van der Waals surface area contributed by atoms with Gasteiger partial charge in [0.15, 0.2) is 0 Å². The molecule has 14 heavy (non-hydrogen) atoms. The fourth-order valence-electron chi connectivity index (χ4n) is 1.86. The van der Waals surface area contributed by atoms with Crippen LogP contribution < -0.4 is 5.32 Å². The van der Waals surface area contributed by atoms with E-state index in [0.29, 0.717) is 12.3 Å². The Bertz CT molecular complexity index is 351. The van der Waals surface area contributed by atoms with Crippen LogP contribution in [-0.2, 0) is 4.79 Å². The highest BCUT2D eigenvalue weighted by Crippen LogP contribution is 2.30. The molecular formula is C11H12BrNO. The molecule has 1 amide bonds. The molecule has 3 heteroatoms. The molecule has 0 aliphatic carbocycles. The topological polar surface area (TPSA) is 29.1 Å². The summed E-state index contributed by atoms with van der Waals surface area (Å²) in [5.74, 6) is 0.538. The van der Waals surface area contributed by atoms with Gasteiger partial charge in [-0.2, -0.15) is 0 Å². The maximum absolute atomic E-state index is 11.2. The summed E-state index contributed by atoms with van der Waals surface area (Å²) in [5, 5.41) is 2.85. The molecule has 0 saturated carbocycles. The van der Waals surface area contributed by atoms with Crippen LogP contribution >= 0.6 is 15.9 Å². The van der Waals surface area contributed by atoms with E-state index in [4.69, 9.17) is 0 Å². The summed E-state index contributed by atoms with van der Waals surface area (Å²) in [4.78, 5) is 11.2. The number of rotatable bonds is 1. The molecule has 1 unspecified atom stereocenters. The zero-order valence-corrected chi connectivity index (χ0v) is 9.38. The number of halogens is 1. The average Bonchev–Trinajstić information content (AvgIpc) is 2.18. The lowest BCUT2D eigenvalue weighted by Gasteiger charge is -2.23. The van der Waals surface area contributed by atoms with Crippen LogP contribution in [-0.4, -0.2) is 12.5 Å². The van der Waals surface area contributed by atoms with Gasteiger partial charge in [-0.3, -0.25) is 4.79 Å². The minimum atomic E-state index is 0.164. The lowest BCUT2D eigenvalue weighted by molar-refractivity contribution is -0.122. The number of carbonyl (C=O) groups excluding carboxylic acids is 1. The monoisotopic (exact) mass is 253 g/mol. The molecule has 74 valence electrons. The molecule has 1 heterocycles. The zero-order valence-electron chi connectivity index (χ0n) is 7.79. The predicted octanol–water partition coefficient (Wildman–Crippen LogP) is 2.44. The summed E-state index contributed by atoms with van der Waals surface area (Å²) in [6.45, 7) is 0.796. The van der Waals surface area contributed by atoms with E-state index in [2.05, 4.69) is 27.3 Å². The molecule has 1 N–H and O–H groups in total. The lowest BCUT2D eigenvalue weighted by atomic mass is 9.90. The van der Waals surface area contributed by atoms with Gasteiger partial charge in [0.25, 0.3) is 0 Å². The quantitative estimate of drug-likeness (QED) is 0.819. The highest BCUT2D eigenvalue weighted by Gasteiger charge is 2.21. The molecular weight excluding hydrogens is 242 g/mol. The van der Waals surface area contributed by atoms with Gasteiger partial charge in [-0.25, -0.2) is 0 Å². The number of hydrogen-bond donors (Lipinski definition) is 1. The molecule has 2 nitrogen and oxygen atoms in total. The number of nitrogens with one attached hydrogen (secondary N) is 1. The zero-order chi connectivity index (χ0) is 9.97. The van der Waals surface area contributed by atoms with Crippen molar-refractivity contribution in [2.75, 3.05) is 6.54 Å². The number of hydrogen-bond acceptors (Lipinski definition) is 1. The molecule has 1 aliphatic rings. The van der Waals surface area contributed by atoms with Gasteiger partial charge in [0, 0.05) is 17.4 Å². The van der Waals surface area contributed by atoms with Crippen molar-refractivity contribution in [3.05, 3.63) is 34.3 Å². The first-order chi connectivity index (χ1) is 6.77. The van der Waals surface area contributed by atoms with Gasteiger partial charge in [0.1, 0.15) is 0 Å². The van der Waals surface area contributed by atoms with Crippen molar-refractivity contribution in [2.24, 2.45) is 0 Å². The van der Waals surface area contributed by atoms with E-state index in [1.54, 1.807) is 0 Å². The first-order valence-corrected chi connectivity index (χ1v) is 5.58. The van der Waals surface area contributed by atoms with Gasteiger partial charge < -0.3 is 5.32 Å². The van der Waals surface area contributed by atoms with Gasteiger partial charge in [-0.1, -0.05) is 34.1 Å². The molecule has 0 aromatic heterocycles. The first kappa shape index (κ1) is 9.71. The Kier molecular flexibility index (Phi) is 2.87.